The smallest absolute Gasteiger partial charge is 0.127 e. The Kier molecular flexibility index (Phi) is 4.54. The molecule has 1 unspecified atom stereocenters. The van der Waals surface area contributed by atoms with Crippen LogP contribution in [0.2, 0.25) is 0 Å². The highest BCUT2D eigenvalue weighted by Gasteiger charge is 2.15. The first-order chi connectivity index (χ1) is 8.58. The van der Waals surface area contributed by atoms with Crippen LogP contribution in [0.25, 0.3) is 0 Å². The summed E-state index contributed by atoms with van der Waals surface area (Å²) in [6.45, 7) is 2.85. The molecule has 0 aliphatic carbocycles. The topological polar surface area (TPSA) is 3.24 Å². The van der Waals surface area contributed by atoms with Gasteiger partial charge in [0.2, 0.25) is 0 Å². The van der Waals surface area contributed by atoms with Crippen LogP contribution >= 0.6 is 27.3 Å². The molecule has 1 nitrogen and oxygen atoms in total. The van der Waals surface area contributed by atoms with Gasteiger partial charge >= 0.3 is 0 Å². The zero-order valence-corrected chi connectivity index (χ0v) is 12.8. The Labute approximate surface area is 119 Å². The van der Waals surface area contributed by atoms with Crippen molar-refractivity contribution in [1.82, 2.24) is 4.90 Å². The van der Waals surface area contributed by atoms with Crippen molar-refractivity contribution in [1.29, 1.82) is 0 Å². The number of hydrogen-bond acceptors (Lipinski definition) is 2. The summed E-state index contributed by atoms with van der Waals surface area (Å²) in [6.07, 6.45) is 0. The maximum Gasteiger partial charge on any atom is 0.127 e. The minimum absolute atomic E-state index is 0.0621. The Bertz CT molecular complexity index is 526. The molecule has 1 aromatic heterocycles. The molecule has 0 radical (unpaired) electrons. The summed E-state index contributed by atoms with van der Waals surface area (Å²) in [5, 5.41) is 2.07. The Balaban J connectivity index is 2.09. The van der Waals surface area contributed by atoms with Crippen LogP contribution in [-0.2, 0) is 6.54 Å². The van der Waals surface area contributed by atoms with E-state index >= 15 is 0 Å². The van der Waals surface area contributed by atoms with Crippen molar-refractivity contribution < 1.29 is 4.39 Å². The van der Waals surface area contributed by atoms with Crippen LogP contribution in [0.5, 0.6) is 0 Å². The number of hydrogen-bond donors (Lipinski definition) is 0. The van der Waals surface area contributed by atoms with Gasteiger partial charge in [-0.05, 0) is 42.0 Å². The molecule has 1 atom stereocenters. The van der Waals surface area contributed by atoms with Crippen molar-refractivity contribution in [2.45, 2.75) is 19.5 Å². The maximum atomic E-state index is 13.7. The number of nitrogens with zero attached hydrogens (tertiary/aromatic N) is 1. The van der Waals surface area contributed by atoms with E-state index < -0.39 is 0 Å². The molecule has 0 saturated carbocycles. The van der Waals surface area contributed by atoms with Gasteiger partial charge in [0, 0.05) is 32.9 Å². The summed E-state index contributed by atoms with van der Waals surface area (Å²) in [6, 6.07) is 9.14. The zero-order valence-electron chi connectivity index (χ0n) is 10.4. The van der Waals surface area contributed by atoms with E-state index in [4.69, 9.17) is 0 Å². The van der Waals surface area contributed by atoms with Crippen LogP contribution < -0.4 is 0 Å². The van der Waals surface area contributed by atoms with Gasteiger partial charge in [-0.3, -0.25) is 4.90 Å². The molecule has 2 aromatic rings. The average molecular weight is 328 g/mol. The highest BCUT2D eigenvalue weighted by atomic mass is 79.9. The van der Waals surface area contributed by atoms with Crippen molar-refractivity contribution >= 4 is 27.3 Å². The summed E-state index contributed by atoms with van der Waals surface area (Å²) in [5.74, 6) is -0.135. The van der Waals surface area contributed by atoms with E-state index in [1.807, 2.05) is 26.1 Å². The second-order valence-electron chi connectivity index (χ2n) is 4.34. The van der Waals surface area contributed by atoms with Gasteiger partial charge in [-0.25, -0.2) is 4.39 Å². The van der Waals surface area contributed by atoms with Crippen molar-refractivity contribution in [3.8, 4) is 0 Å². The van der Waals surface area contributed by atoms with Gasteiger partial charge in [-0.15, -0.1) is 11.3 Å². The van der Waals surface area contributed by atoms with Crippen molar-refractivity contribution in [3.05, 3.63) is 56.4 Å². The van der Waals surface area contributed by atoms with Gasteiger partial charge in [0.05, 0.1) is 0 Å². The van der Waals surface area contributed by atoms with E-state index in [1.165, 1.54) is 10.9 Å². The van der Waals surface area contributed by atoms with Crippen LogP contribution in [-0.4, -0.2) is 11.9 Å². The third-order valence-corrected chi connectivity index (χ3v) is 4.73. The molecule has 0 aliphatic rings. The Hall–Kier alpha value is -0.710. The molecular weight excluding hydrogens is 313 g/mol. The van der Waals surface area contributed by atoms with Crippen molar-refractivity contribution in [2.24, 2.45) is 0 Å². The Morgan fingerprint density at radius 3 is 2.72 bits per heavy atom. The van der Waals surface area contributed by atoms with E-state index in [1.54, 1.807) is 17.4 Å². The second-order valence-corrected chi connectivity index (χ2v) is 6.26. The fraction of sp³-hybridized carbons (Fsp3) is 0.286. The van der Waals surface area contributed by atoms with Crippen molar-refractivity contribution in [3.63, 3.8) is 0 Å². The first kappa shape index (κ1) is 13.7. The lowest BCUT2D eigenvalue weighted by atomic mass is 10.1. The SMILES string of the molecule is CC(c1ccccc1F)N(C)Cc1cc(Br)cs1. The van der Waals surface area contributed by atoms with Gasteiger partial charge in [-0.2, -0.15) is 0 Å². The highest BCUT2D eigenvalue weighted by Crippen LogP contribution is 2.26. The highest BCUT2D eigenvalue weighted by molar-refractivity contribution is 9.10. The lowest BCUT2D eigenvalue weighted by Crippen LogP contribution is -2.22. The van der Waals surface area contributed by atoms with Gasteiger partial charge in [0.1, 0.15) is 5.82 Å². The fourth-order valence-corrected chi connectivity index (χ4v) is 3.38. The maximum absolute atomic E-state index is 13.7. The zero-order chi connectivity index (χ0) is 13.1. The van der Waals surface area contributed by atoms with Crippen LogP contribution in [0, 0.1) is 5.82 Å². The molecule has 4 heteroatoms. The average Bonchev–Trinajstić information content (AvgIpc) is 2.74. The van der Waals surface area contributed by atoms with Crippen LogP contribution in [0.15, 0.2) is 40.2 Å². The molecule has 2 rings (SSSR count). The van der Waals surface area contributed by atoms with Crippen LogP contribution in [0.1, 0.15) is 23.4 Å². The van der Waals surface area contributed by atoms with E-state index in [0.717, 1.165) is 16.6 Å². The first-order valence-electron chi connectivity index (χ1n) is 5.75. The number of benzene rings is 1. The van der Waals surface area contributed by atoms with Gasteiger partial charge in [-0.1, -0.05) is 18.2 Å². The molecule has 96 valence electrons. The fourth-order valence-electron chi connectivity index (χ4n) is 1.87. The lowest BCUT2D eigenvalue weighted by Gasteiger charge is -2.24. The summed E-state index contributed by atoms with van der Waals surface area (Å²) < 4.78 is 14.8. The van der Waals surface area contributed by atoms with E-state index in [2.05, 4.69) is 32.3 Å². The molecular formula is C14H15BrFNS. The first-order valence-corrected chi connectivity index (χ1v) is 7.43. The van der Waals surface area contributed by atoms with Gasteiger partial charge in [0.15, 0.2) is 0 Å². The summed E-state index contributed by atoms with van der Waals surface area (Å²) in [5.41, 5.74) is 0.746. The largest absolute Gasteiger partial charge is 0.294 e. The second kappa shape index (κ2) is 5.95. The van der Waals surface area contributed by atoms with Crippen LogP contribution in [0.3, 0.4) is 0 Å². The summed E-state index contributed by atoms with van der Waals surface area (Å²) >= 11 is 5.16. The summed E-state index contributed by atoms with van der Waals surface area (Å²) in [7, 11) is 2.02. The number of rotatable bonds is 4. The Morgan fingerprint density at radius 2 is 2.11 bits per heavy atom. The minimum atomic E-state index is -0.135. The van der Waals surface area contributed by atoms with E-state index in [9.17, 15) is 4.39 Å². The van der Waals surface area contributed by atoms with Gasteiger partial charge in [0.25, 0.3) is 0 Å². The van der Waals surface area contributed by atoms with Crippen molar-refractivity contribution in [2.75, 3.05) is 7.05 Å². The molecule has 18 heavy (non-hydrogen) atoms. The standard InChI is InChI=1S/C14H15BrFNS/c1-10(13-5-3-4-6-14(13)16)17(2)8-12-7-11(15)9-18-12/h3-7,9-10H,8H2,1-2H3. The minimum Gasteiger partial charge on any atom is -0.294 e. The molecule has 0 aliphatic heterocycles. The molecule has 0 amide bonds. The molecule has 1 heterocycles. The predicted molar refractivity (Wildman–Crippen MR) is 78.3 cm³/mol. The summed E-state index contributed by atoms with van der Waals surface area (Å²) in [4.78, 5) is 3.42. The Morgan fingerprint density at radius 1 is 1.39 bits per heavy atom. The third-order valence-electron chi connectivity index (χ3n) is 3.04. The number of halogens is 2. The molecule has 0 fully saturated rings. The molecule has 0 N–H and O–H groups in total. The van der Waals surface area contributed by atoms with Gasteiger partial charge < -0.3 is 0 Å². The molecule has 0 spiro atoms. The third kappa shape index (κ3) is 3.19. The quantitative estimate of drug-likeness (QED) is 0.776. The lowest BCUT2D eigenvalue weighted by molar-refractivity contribution is 0.250. The van der Waals surface area contributed by atoms with Crippen LogP contribution in [0.4, 0.5) is 4.39 Å². The monoisotopic (exact) mass is 327 g/mol. The van der Waals surface area contributed by atoms with E-state index in [-0.39, 0.29) is 11.9 Å². The predicted octanol–water partition coefficient (Wildman–Crippen LogP) is 4.84. The molecule has 1 aromatic carbocycles. The number of thiophene rings is 1. The molecule has 0 bridgehead atoms. The van der Waals surface area contributed by atoms with E-state index in [0.29, 0.717) is 0 Å². The normalized spacial score (nSPS) is 12.9. The molecule has 0 saturated heterocycles.